The maximum Gasteiger partial charge on any atom is 0.330 e. The highest BCUT2D eigenvalue weighted by molar-refractivity contribution is 5.83. The first-order valence-electron chi connectivity index (χ1n) is 5.16. The third-order valence-corrected chi connectivity index (χ3v) is 2.38. The number of benzene rings is 1. The molecule has 0 atom stereocenters. The monoisotopic (exact) mass is 241 g/mol. The minimum absolute atomic E-state index is 0.214. The van der Waals surface area contributed by atoms with Crippen LogP contribution in [0, 0.1) is 5.82 Å². The average molecular weight is 241 g/mol. The fourth-order valence-corrected chi connectivity index (χ4v) is 1.42. The molecule has 0 radical (unpaired) electrons. The second-order valence-corrected chi connectivity index (χ2v) is 4.21. The van der Waals surface area contributed by atoms with Crippen molar-refractivity contribution in [2.45, 2.75) is 26.0 Å². The maximum atomic E-state index is 13.4. The fraction of sp³-hybridized carbons (Fsp3) is 0.417. The number of rotatable bonds is 4. The third kappa shape index (κ3) is 3.17. The summed E-state index contributed by atoms with van der Waals surface area (Å²) in [4.78, 5) is 11.4. The van der Waals surface area contributed by atoms with E-state index in [1.807, 2.05) is 0 Å². The number of anilines is 1. The molecule has 0 aliphatic rings. The average Bonchev–Trinajstić information content (AvgIpc) is 2.27. The zero-order valence-electron chi connectivity index (χ0n) is 10.1. The van der Waals surface area contributed by atoms with E-state index in [-0.39, 0.29) is 12.2 Å². The van der Waals surface area contributed by atoms with E-state index in [2.05, 4.69) is 10.1 Å². The maximum absolute atomic E-state index is 13.4. The second kappa shape index (κ2) is 5.14. The van der Waals surface area contributed by atoms with Gasteiger partial charge in [-0.25, -0.2) is 9.18 Å². The Kier molecular flexibility index (Phi) is 4.07. The first-order valence-corrected chi connectivity index (χ1v) is 5.16. The minimum atomic E-state index is -0.943. The highest BCUT2D eigenvalue weighted by Crippen LogP contribution is 2.19. The Morgan fingerprint density at radius 2 is 2.18 bits per heavy atom. The summed E-state index contributed by atoms with van der Waals surface area (Å²) in [5.74, 6) is -0.956. The lowest BCUT2D eigenvalue weighted by molar-refractivity contribution is -0.144. The summed E-state index contributed by atoms with van der Waals surface area (Å²) in [5.41, 5.74) is -0.274. The van der Waals surface area contributed by atoms with E-state index in [9.17, 15) is 9.18 Å². The summed E-state index contributed by atoms with van der Waals surface area (Å²) < 4.78 is 18.0. The molecule has 94 valence electrons. The van der Waals surface area contributed by atoms with Crippen molar-refractivity contribution in [1.29, 1.82) is 0 Å². The summed E-state index contributed by atoms with van der Waals surface area (Å²) in [5, 5.41) is 11.7. The van der Waals surface area contributed by atoms with E-state index in [1.54, 1.807) is 19.9 Å². The molecule has 1 aromatic carbocycles. The third-order valence-electron chi connectivity index (χ3n) is 2.38. The molecule has 0 saturated carbocycles. The van der Waals surface area contributed by atoms with Crippen molar-refractivity contribution in [3.05, 3.63) is 29.6 Å². The van der Waals surface area contributed by atoms with Crippen LogP contribution in [0.4, 0.5) is 10.1 Å². The van der Waals surface area contributed by atoms with E-state index >= 15 is 0 Å². The summed E-state index contributed by atoms with van der Waals surface area (Å²) in [6.45, 7) is 2.92. The Morgan fingerprint density at radius 1 is 1.53 bits per heavy atom. The van der Waals surface area contributed by atoms with Gasteiger partial charge in [-0.1, -0.05) is 6.07 Å². The fourth-order valence-electron chi connectivity index (χ4n) is 1.42. The van der Waals surface area contributed by atoms with Crippen molar-refractivity contribution < 1.29 is 19.0 Å². The highest BCUT2D eigenvalue weighted by atomic mass is 19.1. The lowest BCUT2D eigenvalue weighted by Crippen LogP contribution is -2.41. The molecule has 0 fully saturated rings. The van der Waals surface area contributed by atoms with E-state index in [1.165, 1.54) is 19.2 Å². The molecule has 0 bridgehead atoms. The summed E-state index contributed by atoms with van der Waals surface area (Å²) in [6.07, 6.45) is 0. The topological polar surface area (TPSA) is 58.6 Å². The van der Waals surface area contributed by atoms with Crippen LogP contribution in [0.2, 0.25) is 0 Å². The Hall–Kier alpha value is -1.62. The van der Waals surface area contributed by atoms with Crippen LogP contribution in [0.3, 0.4) is 0 Å². The van der Waals surface area contributed by atoms with Gasteiger partial charge in [0.15, 0.2) is 0 Å². The standard InChI is InChI=1S/C12H16FNO3/c1-12(2,11(16)17-3)14-9-5-4-8(7-15)10(13)6-9/h4-6,14-15H,7H2,1-3H3. The number of hydrogen-bond acceptors (Lipinski definition) is 4. The van der Waals surface area contributed by atoms with Gasteiger partial charge in [0.05, 0.1) is 13.7 Å². The normalized spacial score (nSPS) is 11.1. The van der Waals surface area contributed by atoms with Crippen LogP contribution in [-0.2, 0) is 16.1 Å². The van der Waals surface area contributed by atoms with Crippen molar-refractivity contribution in [2.75, 3.05) is 12.4 Å². The molecule has 4 nitrogen and oxygen atoms in total. The summed E-state index contributed by atoms with van der Waals surface area (Å²) in [6, 6.07) is 4.29. The van der Waals surface area contributed by atoms with E-state index in [4.69, 9.17) is 5.11 Å². The van der Waals surface area contributed by atoms with Gasteiger partial charge >= 0.3 is 5.97 Å². The molecule has 0 saturated heterocycles. The van der Waals surface area contributed by atoms with Gasteiger partial charge < -0.3 is 15.2 Å². The number of carbonyl (C=O) groups excluding carboxylic acids is 1. The van der Waals surface area contributed by atoms with Crippen LogP contribution in [0.5, 0.6) is 0 Å². The molecular weight excluding hydrogens is 225 g/mol. The second-order valence-electron chi connectivity index (χ2n) is 4.21. The minimum Gasteiger partial charge on any atom is -0.467 e. The Labute approximate surface area is 99.4 Å². The van der Waals surface area contributed by atoms with Gasteiger partial charge in [0.1, 0.15) is 11.4 Å². The van der Waals surface area contributed by atoms with Crippen LogP contribution in [0.1, 0.15) is 19.4 Å². The number of methoxy groups -OCH3 is 1. The molecule has 1 rings (SSSR count). The molecule has 0 amide bonds. The Morgan fingerprint density at radius 3 is 2.65 bits per heavy atom. The zero-order chi connectivity index (χ0) is 13.1. The van der Waals surface area contributed by atoms with E-state index in [0.717, 1.165) is 0 Å². The smallest absolute Gasteiger partial charge is 0.330 e. The van der Waals surface area contributed by atoms with Crippen molar-refractivity contribution >= 4 is 11.7 Å². The number of hydrogen-bond donors (Lipinski definition) is 2. The molecule has 0 unspecified atom stereocenters. The predicted molar refractivity (Wildman–Crippen MR) is 62.0 cm³/mol. The van der Waals surface area contributed by atoms with Gasteiger partial charge in [0.25, 0.3) is 0 Å². The summed E-state index contributed by atoms with van der Waals surface area (Å²) >= 11 is 0. The van der Waals surface area contributed by atoms with Crippen LogP contribution < -0.4 is 5.32 Å². The van der Waals surface area contributed by atoms with Crippen molar-refractivity contribution in [2.24, 2.45) is 0 Å². The number of ether oxygens (including phenoxy) is 1. The number of nitrogens with one attached hydrogen (secondary N) is 1. The highest BCUT2D eigenvalue weighted by Gasteiger charge is 2.28. The number of aliphatic hydroxyl groups is 1. The first-order chi connectivity index (χ1) is 7.90. The van der Waals surface area contributed by atoms with E-state index < -0.39 is 17.3 Å². The molecule has 1 aromatic rings. The Bertz CT molecular complexity index is 418. The van der Waals surface area contributed by atoms with Crippen molar-refractivity contribution in [3.8, 4) is 0 Å². The van der Waals surface area contributed by atoms with Crippen LogP contribution >= 0.6 is 0 Å². The zero-order valence-corrected chi connectivity index (χ0v) is 10.1. The van der Waals surface area contributed by atoms with Crippen LogP contribution in [-0.4, -0.2) is 23.7 Å². The lowest BCUT2D eigenvalue weighted by Gasteiger charge is -2.24. The quantitative estimate of drug-likeness (QED) is 0.787. The number of carbonyl (C=O) groups is 1. The first kappa shape index (κ1) is 13.4. The SMILES string of the molecule is COC(=O)C(C)(C)Nc1ccc(CO)c(F)c1. The van der Waals surface area contributed by atoms with Gasteiger partial charge in [-0.3, -0.25) is 0 Å². The molecule has 0 aliphatic carbocycles. The molecule has 5 heteroatoms. The van der Waals surface area contributed by atoms with Crippen LogP contribution in [0.15, 0.2) is 18.2 Å². The summed E-state index contributed by atoms with van der Waals surface area (Å²) in [7, 11) is 1.29. The van der Waals surface area contributed by atoms with E-state index in [0.29, 0.717) is 5.69 Å². The number of aliphatic hydroxyl groups excluding tert-OH is 1. The number of esters is 1. The molecule has 0 aliphatic heterocycles. The Balaban J connectivity index is 2.89. The van der Waals surface area contributed by atoms with Gasteiger partial charge in [0.2, 0.25) is 0 Å². The lowest BCUT2D eigenvalue weighted by atomic mass is 10.1. The van der Waals surface area contributed by atoms with Gasteiger partial charge in [-0.2, -0.15) is 0 Å². The van der Waals surface area contributed by atoms with Gasteiger partial charge in [-0.05, 0) is 26.0 Å². The van der Waals surface area contributed by atoms with Crippen molar-refractivity contribution in [3.63, 3.8) is 0 Å². The molecule has 17 heavy (non-hydrogen) atoms. The molecule has 2 N–H and O–H groups in total. The molecule has 0 aromatic heterocycles. The molecule has 0 heterocycles. The largest absolute Gasteiger partial charge is 0.467 e. The van der Waals surface area contributed by atoms with Crippen LogP contribution in [0.25, 0.3) is 0 Å². The number of halogens is 1. The van der Waals surface area contributed by atoms with Crippen molar-refractivity contribution in [1.82, 2.24) is 0 Å². The molecule has 0 spiro atoms. The van der Waals surface area contributed by atoms with Gasteiger partial charge in [-0.15, -0.1) is 0 Å². The molecular formula is C12H16FNO3. The van der Waals surface area contributed by atoms with Gasteiger partial charge in [0, 0.05) is 11.3 Å². The predicted octanol–water partition coefficient (Wildman–Crippen LogP) is 1.68.